The van der Waals surface area contributed by atoms with Gasteiger partial charge < -0.3 is 15.5 Å². The number of amides is 1. The molecule has 0 aliphatic rings. The van der Waals surface area contributed by atoms with E-state index in [1.54, 1.807) is 0 Å². The molecule has 14 heavy (non-hydrogen) atoms. The van der Waals surface area contributed by atoms with Gasteiger partial charge in [0.1, 0.15) is 6.04 Å². The quantitative estimate of drug-likeness (QED) is 0.476. The Morgan fingerprint density at radius 2 is 1.79 bits per heavy atom. The van der Waals surface area contributed by atoms with Crippen LogP contribution in [-0.4, -0.2) is 51.5 Å². The van der Waals surface area contributed by atoms with E-state index in [-0.39, 0.29) is 30.2 Å². The van der Waals surface area contributed by atoms with Crippen LogP contribution >= 0.6 is 0 Å². The SMILES string of the molecule is CC(=O)N[C@@H](CCC(=O)O)C(=O)O.[AlH3]. The Morgan fingerprint density at radius 1 is 1.29 bits per heavy atom. The molecular weight excluding hydrogens is 205 g/mol. The Balaban J connectivity index is 0. The van der Waals surface area contributed by atoms with Crippen molar-refractivity contribution < 1.29 is 24.6 Å². The monoisotopic (exact) mass is 219 g/mol. The highest BCUT2D eigenvalue weighted by atomic mass is 27.0. The minimum atomic E-state index is -1.23. The zero-order valence-electron chi connectivity index (χ0n) is 7.11. The second-order valence-corrected chi connectivity index (χ2v) is 2.52. The molecule has 80 valence electrons. The van der Waals surface area contributed by atoms with Gasteiger partial charge in [-0.15, -0.1) is 0 Å². The standard InChI is InChI=1S/C7H11NO5.Al.3H/c1-4(9)8-5(7(12)13)2-3-6(10)11;;;;/h5H,2-3H2,1H3,(H,8,9)(H,10,11)(H,12,13);;;;/t5-;;;;/m0..../s1. The molecule has 0 saturated heterocycles. The molecule has 0 fully saturated rings. The molecule has 0 spiro atoms. The van der Waals surface area contributed by atoms with Gasteiger partial charge in [-0.25, -0.2) is 4.79 Å². The van der Waals surface area contributed by atoms with E-state index < -0.39 is 23.9 Å². The van der Waals surface area contributed by atoms with Crippen LogP contribution in [0.3, 0.4) is 0 Å². The average Bonchev–Trinajstić information content (AvgIpc) is 1.96. The van der Waals surface area contributed by atoms with E-state index in [4.69, 9.17) is 10.2 Å². The van der Waals surface area contributed by atoms with Crippen LogP contribution in [0.2, 0.25) is 0 Å². The van der Waals surface area contributed by atoms with Crippen molar-refractivity contribution >= 4 is 35.2 Å². The first kappa shape index (κ1) is 15.4. The molecule has 7 heteroatoms. The van der Waals surface area contributed by atoms with Gasteiger partial charge in [0, 0.05) is 13.3 Å². The predicted octanol–water partition coefficient (Wildman–Crippen LogP) is -1.74. The van der Waals surface area contributed by atoms with E-state index >= 15 is 0 Å². The number of carbonyl (C=O) groups is 3. The van der Waals surface area contributed by atoms with E-state index in [0.717, 1.165) is 0 Å². The third-order valence-electron chi connectivity index (χ3n) is 1.32. The number of nitrogens with one attached hydrogen (secondary N) is 1. The normalized spacial score (nSPS) is 10.9. The Labute approximate surface area is 91.4 Å². The van der Waals surface area contributed by atoms with Crippen molar-refractivity contribution in [1.29, 1.82) is 0 Å². The van der Waals surface area contributed by atoms with Gasteiger partial charge in [0.05, 0.1) is 0 Å². The summed E-state index contributed by atoms with van der Waals surface area (Å²) < 4.78 is 0. The Hall–Kier alpha value is -1.06. The molecule has 0 bridgehead atoms. The van der Waals surface area contributed by atoms with Gasteiger partial charge in [-0.05, 0) is 6.42 Å². The van der Waals surface area contributed by atoms with Gasteiger partial charge in [0.15, 0.2) is 17.4 Å². The van der Waals surface area contributed by atoms with E-state index in [1.807, 2.05) is 0 Å². The molecule has 3 N–H and O–H groups in total. The predicted molar refractivity (Wildman–Crippen MR) is 52.0 cm³/mol. The molecule has 0 radical (unpaired) electrons. The van der Waals surface area contributed by atoms with Gasteiger partial charge >= 0.3 is 11.9 Å². The van der Waals surface area contributed by atoms with Gasteiger partial charge in [-0.2, -0.15) is 0 Å². The first-order valence-corrected chi connectivity index (χ1v) is 3.65. The Morgan fingerprint density at radius 3 is 2.07 bits per heavy atom. The molecule has 1 amide bonds. The largest absolute Gasteiger partial charge is 0.481 e. The van der Waals surface area contributed by atoms with Crippen molar-refractivity contribution in [3.63, 3.8) is 0 Å². The van der Waals surface area contributed by atoms with Crippen LogP contribution in [0.25, 0.3) is 0 Å². The molecule has 1 atom stereocenters. The van der Waals surface area contributed by atoms with Crippen molar-refractivity contribution in [2.24, 2.45) is 0 Å². The number of rotatable bonds is 5. The van der Waals surface area contributed by atoms with Crippen LogP contribution < -0.4 is 5.32 Å². The lowest BCUT2D eigenvalue weighted by atomic mass is 10.1. The fourth-order valence-electron chi connectivity index (χ4n) is 0.771. The van der Waals surface area contributed by atoms with E-state index in [0.29, 0.717) is 0 Å². The number of carboxylic acids is 2. The van der Waals surface area contributed by atoms with Crippen LogP contribution in [0, 0.1) is 0 Å². The zero-order chi connectivity index (χ0) is 10.4. The highest BCUT2D eigenvalue weighted by Gasteiger charge is 2.18. The van der Waals surface area contributed by atoms with Crippen LogP contribution in [0.1, 0.15) is 19.8 Å². The number of carboxylic acid groups (broad SMARTS) is 2. The molecule has 0 saturated carbocycles. The topological polar surface area (TPSA) is 104 Å². The molecule has 0 unspecified atom stereocenters. The van der Waals surface area contributed by atoms with Crippen molar-refractivity contribution in [1.82, 2.24) is 5.32 Å². The third-order valence-corrected chi connectivity index (χ3v) is 1.32. The van der Waals surface area contributed by atoms with E-state index in [1.165, 1.54) is 6.92 Å². The molecule has 6 nitrogen and oxygen atoms in total. The average molecular weight is 219 g/mol. The summed E-state index contributed by atoms with van der Waals surface area (Å²) in [7, 11) is 0. The molecule has 0 heterocycles. The number of carbonyl (C=O) groups excluding carboxylic acids is 1. The first-order valence-electron chi connectivity index (χ1n) is 3.65. The molecule has 0 aliphatic carbocycles. The van der Waals surface area contributed by atoms with Gasteiger partial charge in [-0.3, -0.25) is 9.59 Å². The van der Waals surface area contributed by atoms with Crippen molar-refractivity contribution in [2.45, 2.75) is 25.8 Å². The number of aliphatic carboxylic acids is 2. The maximum atomic E-state index is 10.5. The molecule has 0 rings (SSSR count). The van der Waals surface area contributed by atoms with Gasteiger partial charge in [0.25, 0.3) is 0 Å². The zero-order valence-corrected chi connectivity index (χ0v) is 7.11. The summed E-state index contributed by atoms with van der Waals surface area (Å²) in [5.41, 5.74) is 0. The highest BCUT2D eigenvalue weighted by molar-refractivity contribution is 5.82. The van der Waals surface area contributed by atoms with E-state index in [9.17, 15) is 14.4 Å². The molecule has 0 aromatic carbocycles. The summed E-state index contributed by atoms with van der Waals surface area (Å²) in [6, 6.07) is -1.12. The lowest BCUT2D eigenvalue weighted by Gasteiger charge is -2.10. The summed E-state index contributed by atoms with van der Waals surface area (Å²) in [5.74, 6) is -2.80. The Bertz CT molecular complexity index is 230. The maximum absolute atomic E-state index is 10.5. The summed E-state index contributed by atoms with van der Waals surface area (Å²) >= 11 is 0. The lowest BCUT2D eigenvalue weighted by molar-refractivity contribution is -0.142. The van der Waals surface area contributed by atoms with Crippen LogP contribution in [0.4, 0.5) is 0 Å². The molecule has 0 aromatic rings. The minimum Gasteiger partial charge on any atom is -0.481 e. The molecule has 0 aromatic heterocycles. The summed E-state index contributed by atoms with van der Waals surface area (Å²) in [4.78, 5) is 31.0. The van der Waals surface area contributed by atoms with Crippen molar-refractivity contribution in [2.75, 3.05) is 0 Å². The third kappa shape index (κ3) is 7.58. The maximum Gasteiger partial charge on any atom is 0.326 e. The first-order chi connectivity index (χ1) is 5.93. The summed E-state index contributed by atoms with van der Waals surface area (Å²) in [5, 5.41) is 18.9. The van der Waals surface area contributed by atoms with E-state index in [2.05, 4.69) is 5.32 Å². The highest BCUT2D eigenvalue weighted by Crippen LogP contribution is 1.97. The van der Waals surface area contributed by atoms with Crippen LogP contribution in [0.5, 0.6) is 0 Å². The number of hydrogen-bond acceptors (Lipinski definition) is 3. The smallest absolute Gasteiger partial charge is 0.326 e. The fourth-order valence-corrected chi connectivity index (χ4v) is 0.771. The summed E-state index contributed by atoms with van der Waals surface area (Å²) in [6.07, 6.45) is -0.387. The van der Waals surface area contributed by atoms with Crippen molar-refractivity contribution in [3.05, 3.63) is 0 Å². The van der Waals surface area contributed by atoms with Gasteiger partial charge in [0.2, 0.25) is 5.91 Å². The number of hydrogen-bond donors (Lipinski definition) is 3. The molecular formula is C7H14AlNO5. The van der Waals surface area contributed by atoms with Crippen LogP contribution in [0.15, 0.2) is 0 Å². The lowest BCUT2D eigenvalue weighted by Crippen LogP contribution is -2.39. The Kier molecular flexibility index (Phi) is 8.10. The molecule has 0 aliphatic heterocycles. The van der Waals surface area contributed by atoms with Crippen molar-refractivity contribution in [3.8, 4) is 0 Å². The van der Waals surface area contributed by atoms with Gasteiger partial charge in [-0.1, -0.05) is 0 Å². The summed E-state index contributed by atoms with van der Waals surface area (Å²) in [6.45, 7) is 1.18. The second-order valence-electron chi connectivity index (χ2n) is 2.52. The minimum absolute atomic E-state index is 0. The second kappa shape index (κ2) is 7.36. The van der Waals surface area contributed by atoms with Crippen LogP contribution in [-0.2, 0) is 14.4 Å². The fraction of sp³-hybridized carbons (Fsp3) is 0.571.